The summed E-state index contributed by atoms with van der Waals surface area (Å²) < 4.78 is 23.8. The average molecular weight is 384 g/mol. The third-order valence-electron chi connectivity index (χ3n) is 5.54. The van der Waals surface area contributed by atoms with Crippen molar-refractivity contribution in [2.45, 2.75) is 68.8 Å². The predicted molar refractivity (Wildman–Crippen MR) is 99.8 cm³/mol. The normalized spacial score (nSPS) is 24.1. The summed E-state index contributed by atoms with van der Waals surface area (Å²) in [5.41, 5.74) is 0.425. The van der Waals surface area contributed by atoms with Gasteiger partial charge in [0.05, 0.1) is 9.92 Å². The monoisotopic (exact) mass is 383 g/mol. The summed E-state index contributed by atoms with van der Waals surface area (Å²) in [6, 6.07) is 5.19. The van der Waals surface area contributed by atoms with E-state index in [1.807, 2.05) is 4.90 Å². The fourth-order valence-corrected chi connectivity index (χ4v) is 5.18. The number of nitrogens with zero attached hydrogens (tertiary/aromatic N) is 1. The Kier molecular flexibility index (Phi) is 5.45. The first-order chi connectivity index (χ1) is 11.8. The third kappa shape index (κ3) is 4.20. The molecule has 4 nitrogen and oxygen atoms in total. The SMILES string of the molecule is CCC1CCC(N(C(=O)c2ccc(Cl)c(S(C)(=O)=O)c2)C2CC2)CC1. The molecule has 6 heteroatoms. The van der Waals surface area contributed by atoms with E-state index in [2.05, 4.69) is 6.92 Å². The van der Waals surface area contributed by atoms with E-state index in [9.17, 15) is 13.2 Å². The minimum atomic E-state index is -3.46. The highest BCUT2D eigenvalue weighted by molar-refractivity contribution is 7.90. The standard InChI is InChI=1S/C19H26ClNO3S/c1-3-13-4-7-15(8-5-13)21(16-9-10-16)19(22)14-6-11-17(20)18(12-14)25(2,23)24/h6,11-13,15-16H,3-5,7-10H2,1-2H3. The highest BCUT2D eigenvalue weighted by Crippen LogP contribution is 2.37. The molecular weight excluding hydrogens is 358 g/mol. The maximum absolute atomic E-state index is 13.2. The van der Waals surface area contributed by atoms with Gasteiger partial charge in [-0.05, 0) is 62.6 Å². The van der Waals surface area contributed by atoms with Crippen LogP contribution in [0.4, 0.5) is 0 Å². The van der Waals surface area contributed by atoms with Crippen LogP contribution in [0, 0.1) is 5.92 Å². The van der Waals surface area contributed by atoms with Crippen LogP contribution in [0.1, 0.15) is 62.2 Å². The Bertz CT molecular complexity index is 750. The first-order valence-corrected chi connectivity index (χ1v) is 11.4. The molecule has 0 atom stereocenters. The van der Waals surface area contributed by atoms with Gasteiger partial charge in [-0.25, -0.2) is 8.42 Å². The summed E-state index contributed by atoms with van der Waals surface area (Å²) in [6.07, 6.45) is 8.87. The second-order valence-electron chi connectivity index (χ2n) is 7.44. The molecule has 3 rings (SSSR count). The molecule has 138 valence electrons. The Morgan fingerprint density at radius 1 is 1.12 bits per heavy atom. The van der Waals surface area contributed by atoms with Crippen molar-refractivity contribution in [3.05, 3.63) is 28.8 Å². The van der Waals surface area contributed by atoms with Crippen molar-refractivity contribution in [3.63, 3.8) is 0 Å². The maximum Gasteiger partial charge on any atom is 0.254 e. The van der Waals surface area contributed by atoms with Crippen molar-refractivity contribution in [3.8, 4) is 0 Å². The van der Waals surface area contributed by atoms with E-state index in [-0.39, 0.29) is 21.9 Å². The van der Waals surface area contributed by atoms with Gasteiger partial charge in [0, 0.05) is 23.9 Å². The Balaban J connectivity index is 1.85. The van der Waals surface area contributed by atoms with Crippen LogP contribution in [0.3, 0.4) is 0 Å². The molecule has 1 amide bonds. The molecular formula is C19H26ClNO3S. The quantitative estimate of drug-likeness (QED) is 0.760. The van der Waals surface area contributed by atoms with Gasteiger partial charge in [-0.1, -0.05) is 24.9 Å². The summed E-state index contributed by atoms with van der Waals surface area (Å²) in [7, 11) is -3.46. The number of hydrogen-bond acceptors (Lipinski definition) is 3. The molecule has 2 saturated carbocycles. The van der Waals surface area contributed by atoms with Crippen LogP contribution in [-0.2, 0) is 9.84 Å². The Hall–Kier alpha value is -1.07. The fourth-order valence-electron chi connectivity index (χ4n) is 3.88. The molecule has 25 heavy (non-hydrogen) atoms. The molecule has 0 bridgehead atoms. The predicted octanol–water partition coefficient (Wildman–Crippen LogP) is 4.32. The molecule has 1 aromatic rings. The smallest absolute Gasteiger partial charge is 0.254 e. The van der Waals surface area contributed by atoms with Gasteiger partial charge in [0.25, 0.3) is 5.91 Å². The lowest BCUT2D eigenvalue weighted by atomic mass is 9.83. The second kappa shape index (κ2) is 7.28. The first-order valence-electron chi connectivity index (χ1n) is 9.13. The minimum Gasteiger partial charge on any atom is -0.333 e. The van der Waals surface area contributed by atoms with Crippen LogP contribution >= 0.6 is 11.6 Å². The molecule has 0 spiro atoms. The van der Waals surface area contributed by atoms with Crippen LogP contribution in [-0.4, -0.2) is 37.6 Å². The number of rotatable bonds is 5. The van der Waals surface area contributed by atoms with Crippen molar-refractivity contribution in [2.75, 3.05) is 6.26 Å². The molecule has 2 aliphatic rings. The van der Waals surface area contributed by atoms with E-state index in [0.717, 1.165) is 37.9 Å². The van der Waals surface area contributed by atoms with E-state index in [0.29, 0.717) is 11.6 Å². The van der Waals surface area contributed by atoms with Gasteiger partial charge in [-0.3, -0.25) is 4.79 Å². The lowest BCUT2D eigenvalue weighted by Gasteiger charge is -2.37. The van der Waals surface area contributed by atoms with Crippen molar-refractivity contribution in [1.29, 1.82) is 0 Å². The van der Waals surface area contributed by atoms with Gasteiger partial charge in [-0.15, -0.1) is 0 Å². The fraction of sp³-hybridized carbons (Fsp3) is 0.632. The van der Waals surface area contributed by atoms with Crippen molar-refractivity contribution < 1.29 is 13.2 Å². The number of carbonyl (C=O) groups excluding carboxylic acids is 1. The van der Waals surface area contributed by atoms with Crippen LogP contribution in [0.25, 0.3) is 0 Å². The lowest BCUT2D eigenvalue weighted by Crippen LogP contribution is -2.44. The van der Waals surface area contributed by atoms with E-state index >= 15 is 0 Å². The van der Waals surface area contributed by atoms with Crippen molar-refractivity contribution in [1.82, 2.24) is 4.90 Å². The topological polar surface area (TPSA) is 54.5 Å². The molecule has 1 aromatic carbocycles. The number of benzene rings is 1. The number of hydrogen-bond donors (Lipinski definition) is 0. The zero-order valence-corrected chi connectivity index (χ0v) is 16.4. The van der Waals surface area contributed by atoms with Gasteiger partial charge < -0.3 is 4.90 Å². The van der Waals surface area contributed by atoms with Gasteiger partial charge in [0.1, 0.15) is 0 Å². The Labute approximate surface area is 155 Å². The molecule has 0 saturated heterocycles. The zero-order valence-electron chi connectivity index (χ0n) is 14.9. The molecule has 0 radical (unpaired) electrons. The van der Waals surface area contributed by atoms with E-state index in [1.165, 1.54) is 31.4 Å². The lowest BCUT2D eigenvalue weighted by molar-refractivity contribution is 0.0587. The summed E-state index contributed by atoms with van der Waals surface area (Å²) >= 11 is 6.02. The first kappa shape index (κ1) is 18.7. The van der Waals surface area contributed by atoms with E-state index in [1.54, 1.807) is 6.07 Å². The van der Waals surface area contributed by atoms with E-state index < -0.39 is 9.84 Å². The number of halogens is 1. The number of sulfone groups is 1. The summed E-state index contributed by atoms with van der Waals surface area (Å²) in [6.45, 7) is 2.23. The highest BCUT2D eigenvalue weighted by Gasteiger charge is 2.39. The molecule has 2 aliphatic carbocycles. The average Bonchev–Trinajstić information content (AvgIpc) is 3.40. The van der Waals surface area contributed by atoms with Crippen LogP contribution in [0.2, 0.25) is 5.02 Å². The minimum absolute atomic E-state index is 0.0328. The zero-order chi connectivity index (χ0) is 18.2. The maximum atomic E-state index is 13.2. The third-order valence-corrected chi connectivity index (χ3v) is 7.12. The van der Waals surface area contributed by atoms with Gasteiger partial charge in [-0.2, -0.15) is 0 Å². The Morgan fingerprint density at radius 2 is 1.68 bits per heavy atom. The van der Waals surface area contributed by atoms with Crippen molar-refractivity contribution in [2.24, 2.45) is 5.92 Å². The molecule has 0 heterocycles. The highest BCUT2D eigenvalue weighted by atomic mass is 35.5. The Morgan fingerprint density at radius 3 is 2.16 bits per heavy atom. The van der Waals surface area contributed by atoms with Gasteiger partial charge in [0.15, 0.2) is 9.84 Å². The molecule has 0 N–H and O–H groups in total. The van der Waals surface area contributed by atoms with Gasteiger partial charge in [0.2, 0.25) is 0 Å². The summed E-state index contributed by atoms with van der Waals surface area (Å²) in [4.78, 5) is 15.2. The van der Waals surface area contributed by atoms with Crippen LogP contribution in [0.5, 0.6) is 0 Å². The molecule has 0 aliphatic heterocycles. The summed E-state index contributed by atoms with van der Waals surface area (Å²) in [5.74, 6) is 0.726. The molecule has 0 aromatic heterocycles. The molecule has 2 fully saturated rings. The van der Waals surface area contributed by atoms with Crippen LogP contribution < -0.4 is 0 Å². The number of carbonyl (C=O) groups is 1. The molecule has 0 unspecified atom stereocenters. The largest absolute Gasteiger partial charge is 0.333 e. The van der Waals surface area contributed by atoms with E-state index in [4.69, 9.17) is 11.6 Å². The second-order valence-corrected chi connectivity index (χ2v) is 9.84. The van der Waals surface area contributed by atoms with Gasteiger partial charge >= 0.3 is 0 Å². The van der Waals surface area contributed by atoms with Crippen molar-refractivity contribution >= 4 is 27.3 Å². The summed E-state index contributed by atoms with van der Waals surface area (Å²) in [5, 5.41) is 0.167. The van der Waals surface area contributed by atoms with Crippen LogP contribution in [0.15, 0.2) is 23.1 Å². The number of amides is 1.